The molecule has 2 fully saturated rings. The first kappa shape index (κ1) is 12.2. The Balaban J connectivity index is 1.95. The van der Waals surface area contributed by atoms with Gasteiger partial charge in [-0.3, -0.25) is 0 Å². The summed E-state index contributed by atoms with van der Waals surface area (Å²) >= 11 is 0. The highest BCUT2D eigenvalue weighted by molar-refractivity contribution is 6.84. The molecule has 0 unspecified atom stereocenters. The van der Waals surface area contributed by atoms with E-state index >= 15 is 0 Å². The van der Waals surface area contributed by atoms with Crippen molar-refractivity contribution in [3.05, 3.63) is 12.2 Å². The summed E-state index contributed by atoms with van der Waals surface area (Å²) in [5.74, 6) is 4.17. The fourth-order valence-corrected chi connectivity index (χ4v) is 14.3. The van der Waals surface area contributed by atoms with Gasteiger partial charge in [-0.25, -0.2) is 0 Å². The molecule has 0 N–H and O–H groups in total. The van der Waals surface area contributed by atoms with E-state index in [2.05, 4.69) is 51.4 Å². The van der Waals surface area contributed by atoms with Gasteiger partial charge in [-0.1, -0.05) is 51.4 Å². The topological polar surface area (TPSA) is 0 Å². The molecule has 0 amide bonds. The number of allylic oxidation sites excluding steroid dienone is 2. The van der Waals surface area contributed by atoms with Crippen LogP contribution >= 0.6 is 0 Å². The zero-order valence-electron chi connectivity index (χ0n) is 12.3. The predicted octanol–water partition coefficient (Wildman–Crippen LogP) is 4.86. The van der Waals surface area contributed by atoms with Gasteiger partial charge in [0, 0.05) is 16.1 Å². The van der Waals surface area contributed by atoms with Crippen molar-refractivity contribution in [2.45, 2.75) is 56.8 Å². The Bertz CT molecular complexity index is 324. The van der Waals surface area contributed by atoms with Gasteiger partial charge < -0.3 is 0 Å². The summed E-state index contributed by atoms with van der Waals surface area (Å²) in [5, 5.41) is 0. The largest absolute Gasteiger partial charge is 0.0848 e. The van der Waals surface area contributed by atoms with E-state index in [4.69, 9.17) is 0 Å². The molecule has 2 heteroatoms. The molecule has 0 aromatic rings. The van der Waals surface area contributed by atoms with Gasteiger partial charge in [-0.2, -0.15) is 0 Å². The molecule has 0 spiro atoms. The number of hydrogen-bond acceptors (Lipinski definition) is 0. The zero-order chi connectivity index (χ0) is 12.6. The molecule has 0 saturated heterocycles. The molecule has 0 aliphatic heterocycles. The summed E-state index contributed by atoms with van der Waals surface area (Å²) in [6.45, 7) is 15.7. The van der Waals surface area contributed by atoms with Crippen molar-refractivity contribution in [3.8, 4) is 0 Å². The van der Waals surface area contributed by atoms with Crippen molar-refractivity contribution in [2.75, 3.05) is 0 Å². The zero-order valence-corrected chi connectivity index (χ0v) is 14.3. The van der Waals surface area contributed by atoms with Gasteiger partial charge in [0.15, 0.2) is 0 Å². The summed E-state index contributed by atoms with van der Waals surface area (Å²) in [7, 11) is -1.94. The van der Waals surface area contributed by atoms with Gasteiger partial charge in [0.2, 0.25) is 0 Å². The van der Waals surface area contributed by atoms with Crippen molar-refractivity contribution < 1.29 is 0 Å². The highest BCUT2D eigenvalue weighted by Gasteiger charge is 2.66. The third-order valence-corrected chi connectivity index (χ3v) is 11.6. The van der Waals surface area contributed by atoms with Crippen LogP contribution in [0, 0.1) is 23.7 Å². The number of fused-ring (bicyclic) bond motifs is 5. The molecule has 6 atom stereocenters. The van der Waals surface area contributed by atoms with Crippen LogP contribution in [0.1, 0.15) is 6.42 Å². The highest BCUT2D eigenvalue weighted by Crippen LogP contribution is 2.73. The van der Waals surface area contributed by atoms with Crippen molar-refractivity contribution >= 4 is 16.1 Å². The fourth-order valence-electron chi connectivity index (χ4n) is 5.48. The minimum absolute atomic E-state index is 0.969. The van der Waals surface area contributed by atoms with Gasteiger partial charge >= 0.3 is 0 Å². The maximum absolute atomic E-state index is 2.62. The lowest BCUT2D eigenvalue weighted by Crippen LogP contribution is -2.58. The minimum Gasteiger partial charge on any atom is -0.0848 e. The first-order valence-corrected chi connectivity index (χ1v) is 14.5. The summed E-state index contributed by atoms with van der Waals surface area (Å²) in [4.78, 5) is 0. The van der Waals surface area contributed by atoms with E-state index in [9.17, 15) is 0 Å². The van der Waals surface area contributed by atoms with Gasteiger partial charge in [-0.15, -0.1) is 0 Å². The first-order valence-electron chi connectivity index (χ1n) is 7.39. The molecule has 2 saturated carbocycles. The average molecular weight is 265 g/mol. The Labute approximate surface area is 109 Å². The maximum Gasteiger partial charge on any atom is 0.0476 e. The lowest BCUT2D eigenvalue weighted by Gasteiger charge is -2.62. The third kappa shape index (κ3) is 1.59. The standard InChI is InChI=1S/C15H28Si2/c1-16(2,3)14-12-10-7-8-11(9-10)13(12)15(14)17(4,5)6/h7-8,10-15H,9H2,1-6H3/t10-,11+,12+,13-,14-,15-/m1/s1. The van der Waals surface area contributed by atoms with E-state index in [1.54, 1.807) is 0 Å². The van der Waals surface area contributed by atoms with Gasteiger partial charge in [-0.05, 0) is 41.2 Å². The van der Waals surface area contributed by atoms with Crippen LogP contribution < -0.4 is 0 Å². The molecule has 17 heavy (non-hydrogen) atoms. The molecule has 0 nitrogen and oxygen atoms in total. The molecule has 3 aliphatic rings. The van der Waals surface area contributed by atoms with Crippen LogP contribution in [0.25, 0.3) is 0 Å². The van der Waals surface area contributed by atoms with Crippen molar-refractivity contribution in [2.24, 2.45) is 23.7 Å². The summed E-state index contributed by atoms with van der Waals surface area (Å²) in [6, 6.07) is 0. The van der Waals surface area contributed by atoms with Gasteiger partial charge in [0.1, 0.15) is 0 Å². The van der Waals surface area contributed by atoms with E-state index in [1.165, 1.54) is 6.42 Å². The summed E-state index contributed by atoms with van der Waals surface area (Å²) in [6.07, 6.45) is 6.65. The Hall–Kier alpha value is 0.174. The average Bonchev–Trinajstić information content (AvgIpc) is 2.53. The Morgan fingerprint density at radius 1 is 0.706 bits per heavy atom. The van der Waals surface area contributed by atoms with E-state index in [0.29, 0.717) is 0 Å². The van der Waals surface area contributed by atoms with E-state index < -0.39 is 16.1 Å². The molecule has 0 aromatic carbocycles. The van der Waals surface area contributed by atoms with Crippen LogP contribution in [0.5, 0.6) is 0 Å². The van der Waals surface area contributed by atoms with E-state index in [1.807, 2.05) is 0 Å². The maximum atomic E-state index is 2.62. The van der Waals surface area contributed by atoms with Gasteiger partial charge in [0.05, 0.1) is 0 Å². The molecule has 3 aliphatic carbocycles. The van der Waals surface area contributed by atoms with E-state index in [-0.39, 0.29) is 0 Å². The third-order valence-electron chi connectivity index (χ3n) is 5.80. The van der Waals surface area contributed by atoms with Crippen LogP contribution in [-0.4, -0.2) is 16.1 Å². The second-order valence-corrected chi connectivity index (χ2v) is 19.7. The van der Waals surface area contributed by atoms with E-state index in [0.717, 1.165) is 34.8 Å². The van der Waals surface area contributed by atoms with Crippen molar-refractivity contribution in [1.29, 1.82) is 0 Å². The molecule has 3 rings (SSSR count). The second-order valence-electron chi connectivity index (χ2n) is 8.89. The van der Waals surface area contributed by atoms with Gasteiger partial charge in [0.25, 0.3) is 0 Å². The molecule has 96 valence electrons. The van der Waals surface area contributed by atoms with Crippen LogP contribution in [-0.2, 0) is 0 Å². The van der Waals surface area contributed by atoms with Crippen molar-refractivity contribution in [3.63, 3.8) is 0 Å². The van der Waals surface area contributed by atoms with Crippen LogP contribution in [0.4, 0.5) is 0 Å². The SMILES string of the molecule is C[Si](C)(C)[C@@H]1[C@H]2[C@@H]([C@H]1[Si](C)(C)C)[C@@H]1C=C[C@H]2C1. The molecule has 0 heterocycles. The highest BCUT2D eigenvalue weighted by atomic mass is 28.3. The predicted molar refractivity (Wildman–Crippen MR) is 81.9 cm³/mol. The number of rotatable bonds is 2. The monoisotopic (exact) mass is 264 g/mol. The Morgan fingerprint density at radius 3 is 1.35 bits per heavy atom. The Morgan fingerprint density at radius 2 is 1.06 bits per heavy atom. The van der Waals surface area contributed by atoms with Crippen LogP contribution in [0.2, 0.25) is 50.4 Å². The second kappa shape index (κ2) is 3.38. The molecule has 0 aromatic heterocycles. The lowest BCUT2D eigenvalue weighted by atomic mass is 9.66. The smallest absolute Gasteiger partial charge is 0.0476 e. The Kier molecular flexibility index (Phi) is 2.43. The summed E-state index contributed by atoms with van der Waals surface area (Å²) < 4.78 is 0. The molecule has 2 bridgehead atoms. The van der Waals surface area contributed by atoms with Crippen LogP contribution in [0.3, 0.4) is 0 Å². The summed E-state index contributed by atoms with van der Waals surface area (Å²) in [5.41, 5.74) is 2.28. The first-order chi connectivity index (χ1) is 7.71. The molecular formula is C15H28Si2. The fraction of sp³-hybridized carbons (Fsp3) is 0.867. The van der Waals surface area contributed by atoms with Crippen LogP contribution in [0.15, 0.2) is 12.2 Å². The number of hydrogen-bond donors (Lipinski definition) is 0. The molecular weight excluding hydrogens is 236 g/mol. The quantitative estimate of drug-likeness (QED) is 0.494. The lowest BCUT2D eigenvalue weighted by molar-refractivity contribution is 0.151. The van der Waals surface area contributed by atoms with Crippen molar-refractivity contribution in [1.82, 2.24) is 0 Å². The normalized spacial score (nSPS) is 48.1. The molecule has 0 radical (unpaired) electrons. The minimum atomic E-state index is -0.969.